The van der Waals surface area contributed by atoms with Crippen LogP contribution in [0.15, 0.2) is 18.1 Å². The van der Waals surface area contributed by atoms with E-state index in [1.54, 1.807) is 0 Å². The zero-order valence-electron chi connectivity index (χ0n) is 71.6. The average Bonchev–Trinajstić information content (AvgIpc) is 3.27. The van der Waals surface area contributed by atoms with Gasteiger partial charge in [0.05, 0.1) is 0 Å². The summed E-state index contributed by atoms with van der Waals surface area (Å²) in [6, 6.07) is 0.921. The molecule has 0 aromatic heterocycles. The van der Waals surface area contributed by atoms with Crippen molar-refractivity contribution >= 4 is 56.9 Å². The van der Waals surface area contributed by atoms with Crippen LogP contribution in [0.3, 0.4) is 0 Å². The summed E-state index contributed by atoms with van der Waals surface area (Å²) >= 11 is 3.13. The molecule has 568 valence electrons. The van der Waals surface area contributed by atoms with Crippen LogP contribution in [-0.2, 0) is 0 Å². The molecule has 0 aliphatic rings. The number of hydrogen-bond donors (Lipinski definition) is 0. The number of halogens is 1. The van der Waals surface area contributed by atoms with Gasteiger partial charge in [0.15, 0.2) is 0 Å². The Morgan fingerprint density at radius 3 is 0.245 bits per heavy atom. The predicted molar refractivity (Wildman–Crippen MR) is 444 cm³/mol. The van der Waals surface area contributed by atoms with Gasteiger partial charge in [-0.05, 0) is 0 Å². The molecule has 0 saturated heterocycles. The zero-order chi connectivity index (χ0) is 75.1. The second-order valence-corrected chi connectivity index (χ2v) is 53.7. The van der Waals surface area contributed by atoms with Crippen molar-refractivity contribution in [3.05, 3.63) is 0 Å². The monoisotopic (exact) mass is 1540 g/mol. The Morgan fingerprint density at radius 1 is 0.149 bits per heavy atom. The first-order valence-corrected chi connectivity index (χ1v) is 49.3. The minimum absolute atomic E-state index is 0.0384. The first kappa shape index (κ1) is 95.6. The van der Waals surface area contributed by atoms with Crippen molar-refractivity contribution in [2.45, 2.75) is 477 Å². The SMILES string of the molecule is CC(C)N(C(C)C)P(=NP(I)(N=P(N(C(C)C)C(C)C)(N(C(C)C)C(C)C)N(C(C)C)C(C)C)(N=P(N(C(C)C)C(C)C)(N(C(C)C)C(C)C)N(C(C)C)C(C)C)N=P(N(C(C)C)C(C)C)(N(C(C)C)C(C)C)N(C(C)C)C(C)C)(N(C(C)C)C(C)C)N(C(C)C)C(C)C. The molecule has 0 heterocycles. The summed E-state index contributed by atoms with van der Waals surface area (Å²) in [5, 5.41) is 0. The van der Waals surface area contributed by atoms with Crippen molar-refractivity contribution in [2.75, 3.05) is 0 Å². The topological polar surface area (TPSA) is 88.3 Å². The van der Waals surface area contributed by atoms with E-state index in [0.717, 1.165) is 0 Å². The fraction of sp³-hybridized carbons (Fsp3) is 1.00. The fourth-order valence-electron chi connectivity index (χ4n) is 17.5. The van der Waals surface area contributed by atoms with Gasteiger partial charge < -0.3 is 0 Å². The van der Waals surface area contributed by atoms with Crippen LogP contribution in [0.5, 0.6) is 0 Å². The summed E-state index contributed by atoms with van der Waals surface area (Å²) in [6.45, 7) is 118. The Balaban J connectivity index is 15.9. The molecule has 0 atom stereocenters. The summed E-state index contributed by atoms with van der Waals surface area (Å²) in [5.41, 5.74) is 0. The van der Waals surface area contributed by atoms with Gasteiger partial charge in [-0.15, -0.1) is 0 Å². The van der Waals surface area contributed by atoms with Gasteiger partial charge in [0, 0.05) is 0 Å². The van der Waals surface area contributed by atoms with E-state index in [-0.39, 0.29) is 145 Å². The van der Waals surface area contributed by atoms with Crippen LogP contribution < -0.4 is 0 Å². The maximum atomic E-state index is 8.01. The van der Waals surface area contributed by atoms with Crippen molar-refractivity contribution in [3.8, 4) is 0 Å². The molecular formula is C72H168IN16P5. The van der Waals surface area contributed by atoms with E-state index >= 15 is 0 Å². The normalized spacial score (nSPS) is 15.4. The summed E-state index contributed by atoms with van der Waals surface area (Å²) in [6.07, 6.45) is 0. The van der Waals surface area contributed by atoms with Crippen molar-refractivity contribution in [2.24, 2.45) is 18.1 Å². The van der Waals surface area contributed by atoms with Crippen molar-refractivity contribution in [1.82, 2.24) is 56.0 Å². The second-order valence-electron chi connectivity index (χ2n) is 34.2. The predicted octanol–water partition coefficient (Wildman–Crippen LogP) is 24.8. The van der Waals surface area contributed by atoms with Crippen LogP contribution >= 0.6 is 56.9 Å². The molecule has 0 aliphatic heterocycles. The Bertz CT molecular complexity index is 1810. The van der Waals surface area contributed by atoms with Gasteiger partial charge in [0.25, 0.3) is 0 Å². The number of nitrogens with zero attached hydrogens (tertiary/aromatic N) is 16. The summed E-state index contributed by atoms with van der Waals surface area (Å²) in [5.74, 6) is 0. The third-order valence-corrected chi connectivity index (χ3v) is 51.7. The summed E-state index contributed by atoms with van der Waals surface area (Å²) < 4.78 is 67.3. The molecule has 22 heteroatoms. The molecule has 94 heavy (non-hydrogen) atoms. The molecule has 0 fully saturated rings. The van der Waals surface area contributed by atoms with E-state index in [1.807, 2.05) is 0 Å². The average molecular weight is 1540 g/mol. The van der Waals surface area contributed by atoms with Crippen LogP contribution in [-0.4, -0.2) is 201 Å². The van der Waals surface area contributed by atoms with Gasteiger partial charge in [0.1, 0.15) is 0 Å². The molecule has 0 radical (unpaired) electrons. The van der Waals surface area contributed by atoms with E-state index in [1.165, 1.54) is 0 Å². The molecule has 0 amide bonds. The van der Waals surface area contributed by atoms with Crippen LogP contribution in [0, 0.1) is 0 Å². The molecule has 0 bridgehead atoms. The Labute approximate surface area is 604 Å². The minimum atomic E-state index is -5.64. The first-order valence-electron chi connectivity index (χ1n) is 38.1. The molecule has 0 rings (SSSR count). The van der Waals surface area contributed by atoms with Crippen molar-refractivity contribution < 1.29 is 0 Å². The zero-order valence-corrected chi connectivity index (χ0v) is 78.3. The van der Waals surface area contributed by atoms with Gasteiger partial charge in [-0.3, -0.25) is 0 Å². The molecule has 0 aliphatic carbocycles. The van der Waals surface area contributed by atoms with Gasteiger partial charge in [0.2, 0.25) is 0 Å². The van der Waals surface area contributed by atoms with E-state index in [2.05, 4.69) is 410 Å². The van der Waals surface area contributed by atoms with E-state index in [4.69, 9.17) is 18.1 Å². The molecule has 16 nitrogen and oxygen atoms in total. The third kappa shape index (κ3) is 20.6. The summed E-state index contributed by atoms with van der Waals surface area (Å²) in [4.78, 5) is -5.64. The number of hydrogen-bond acceptors (Lipinski definition) is 4. The van der Waals surface area contributed by atoms with Crippen molar-refractivity contribution in [3.63, 3.8) is 0 Å². The van der Waals surface area contributed by atoms with Gasteiger partial charge in [-0.25, -0.2) is 0 Å². The Hall–Kier alpha value is 1.60. The third-order valence-electron chi connectivity index (χ3n) is 17.5. The van der Waals surface area contributed by atoms with Gasteiger partial charge in [-0.1, -0.05) is 0 Å². The molecule has 0 N–H and O–H groups in total. The molecule has 0 saturated carbocycles. The van der Waals surface area contributed by atoms with Gasteiger partial charge >= 0.3 is 608 Å². The van der Waals surface area contributed by atoms with E-state index in [9.17, 15) is 0 Å². The first-order chi connectivity index (χ1) is 42.3. The second kappa shape index (κ2) is 38.0. The summed E-state index contributed by atoms with van der Waals surface area (Å²) in [7, 11) is -14.1. The van der Waals surface area contributed by atoms with Crippen LogP contribution in [0.4, 0.5) is 0 Å². The van der Waals surface area contributed by atoms with Crippen LogP contribution in [0.2, 0.25) is 0 Å². The fourth-order valence-corrected chi connectivity index (χ4v) is 58.4. The molecular weight excluding hydrogens is 1370 g/mol. The Kier molecular flexibility index (Phi) is 38.7. The van der Waals surface area contributed by atoms with Crippen molar-refractivity contribution in [1.29, 1.82) is 0 Å². The van der Waals surface area contributed by atoms with Crippen LogP contribution in [0.25, 0.3) is 0 Å². The standard InChI is InChI=1S/C72H168IN16P5/c1-49(2)78(50(3)4)90(79(51(5)6)52(7)8,80(53(9)10)54(11)12)74-94(73,75-91(81(55(13)14)56(15)16,82(57(17)18)58(19)20)83(59(21)22)60(23)24,76-92(84(61(25)26)62(27)28,85(63(29)30)64(31)32)86(65(33)34)66(35)36)77-93(87(67(37)38)68(39)40,88(69(41)42)70(43)44)89(71(45)46)72(47)48/h49-72H,1-48H3. The van der Waals surface area contributed by atoms with Gasteiger partial charge in [-0.2, -0.15) is 0 Å². The number of rotatable bonds is 40. The van der Waals surface area contributed by atoms with Crippen LogP contribution in [0.1, 0.15) is 332 Å². The molecule has 0 unspecified atom stereocenters. The maximum absolute atomic E-state index is 8.01. The Morgan fingerprint density at radius 2 is 0.202 bits per heavy atom. The quantitative estimate of drug-likeness (QED) is 0.0432. The molecule has 0 aromatic rings. The van der Waals surface area contributed by atoms with E-state index < -0.39 is 34.9 Å². The molecule has 0 aromatic carbocycles. The van der Waals surface area contributed by atoms with E-state index in [0.29, 0.717) is 0 Å². The molecule has 0 spiro atoms.